The van der Waals surface area contributed by atoms with Gasteiger partial charge in [-0.05, 0) is 41.8 Å². The lowest BCUT2D eigenvalue weighted by atomic mass is 10.00. The van der Waals surface area contributed by atoms with Crippen LogP contribution in [0.2, 0.25) is 0 Å². The summed E-state index contributed by atoms with van der Waals surface area (Å²) in [4.78, 5) is 1.97. The minimum absolute atomic E-state index is 0.247. The molecule has 0 spiro atoms. The SMILES string of the molecule is Fc1ccc2c(c1)CCN(c1ccc3nnc(C(F)F)n3n1)C2. The first-order valence-electron chi connectivity index (χ1n) is 7.14. The number of halogens is 3. The van der Waals surface area contributed by atoms with Gasteiger partial charge < -0.3 is 4.90 Å². The molecule has 0 aliphatic carbocycles. The highest BCUT2D eigenvalue weighted by Crippen LogP contribution is 2.25. The van der Waals surface area contributed by atoms with Gasteiger partial charge in [0.2, 0.25) is 5.82 Å². The molecule has 8 heteroatoms. The van der Waals surface area contributed by atoms with Crippen LogP contribution >= 0.6 is 0 Å². The number of fused-ring (bicyclic) bond motifs is 2. The summed E-state index contributed by atoms with van der Waals surface area (Å²) in [6.45, 7) is 1.20. The number of aromatic nitrogens is 4. The van der Waals surface area contributed by atoms with Crippen molar-refractivity contribution >= 4 is 11.5 Å². The molecule has 23 heavy (non-hydrogen) atoms. The van der Waals surface area contributed by atoms with Crippen molar-refractivity contribution in [1.82, 2.24) is 19.8 Å². The Balaban J connectivity index is 1.69. The minimum Gasteiger partial charge on any atom is -0.351 e. The molecule has 0 bridgehead atoms. The molecule has 0 atom stereocenters. The van der Waals surface area contributed by atoms with Crippen LogP contribution in [0.15, 0.2) is 30.3 Å². The Hall–Kier alpha value is -2.64. The zero-order valence-electron chi connectivity index (χ0n) is 12.0. The van der Waals surface area contributed by atoms with Crippen molar-refractivity contribution in [3.8, 4) is 0 Å². The molecule has 0 amide bonds. The van der Waals surface area contributed by atoms with Gasteiger partial charge >= 0.3 is 0 Å². The van der Waals surface area contributed by atoms with Gasteiger partial charge in [0.1, 0.15) is 11.6 Å². The number of hydrogen-bond acceptors (Lipinski definition) is 4. The molecule has 3 aromatic rings. The number of anilines is 1. The van der Waals surface area contributed by atoms with E-state index in [9.17, 15) is 13.2 Å². The first-order valence-corrected chi connectivity index (χ1v) is 7.14. The van der Waals surface area contributed by atoms with E-state index in [4.69, 9.17) is 0 Å². The van der Waals surface area contributed by atoms with Gasteiger partial charge in [-0.1, -0.05) is 6.07 Å². The van der Waals surface area contributed by atoms with Crippen LogP contribution in [-0.2, 0) is 13.0 Å². The largest absolute Gasteiger partial charge is 0.351 e. The fourth-order valence-corrected chi connectivity index (χ4v) is 2.82. The topological polar surface area (TPSA) is 46.3 Å². The van der Waals surface area contributed by atoms with E-state index in [0.29, 0.717) is 25.3 Å². The fraction of sp³-hybridized carbons (Fsp3) is 0.267. The van der Waals surface area contributed by atoms with Gasteiger partial charge in [-0.25, -0.2) is 13.2 Å². The molecule has 0 fully saturated rings. The molecule has 0 saturated carbocycles. The van der Waals surface area contributed by atoms with E-state index in [0.717, 1.165) is 15.6 Å². The number of nitrogens with zero attached hydrogens (tertiary/aromatic N) is 5. The van der Waals surface area contributed by atoms with Crippen molar-refractivity contribution < 1.29 is 13.2 Å². The van der Waals surface area contributed by atoms with Crippen LogP contribution in [-0.4, -0.2) is 26.4 Å². The Morgan fingerprint density at radius 1 is 1.04 bits per heavy atom. The van der Waals surface area contributed by atoms with Crippen LogP contribution in [0.25, 0.3) is 5.65 Å². The zero-order chi connectivity index (χ0) is 16.0. The Morgan fingerprint density at radius 3 is 2.74 bits per heavy atom. The van der Waals surface area contributed by atoms with E-state index in [1.54, 1.807) is 18.2 Å². The lowest BCUT2D eigenvalue weighted by Crippen LogP contribution is -2.31. The molecular formula is C15H12F3N5. The number of rotatable bonds is 2. The second kappa shape index (κ2) is 5.22. The summed E-state index contributed by atoms with van der Waals surface area (Å²) in [5.74, 6) is -0.154. The number of alkyl halides is 2. The van der Waals surface area contributed by atoms with Crippen LogP contribution in [0.5, 0.6) is 0 Å². The molecule has 118 valence electrons. The zero-order valence-corrected chi connectivity index (χ0v) is 12.0. The summed E-state index contributed by atoms with van der Waals surface area (Å²) in [7, 11) is 0. The molecule has 0 N–H and O–H groups in total. The molecule has 0 unspecified atom stereocenters. The van der Waals surface area contributed by atoms with E-state index >= 15 is 0 Å². The van der Waals surface area contributed by atoms with Crippen LogP contribution in [0.3, 0.4) is 0 Å². The van der Waals surface area contributed by atoms with Gasteiger partial charge in [0.05, 0.1) is 0 Å². The summed E-state index contributed by atoms with van der Waals surface area (Å²) >= 11 is 0. The molecule has 0 radical (unpaired) electrons. The highest BCUT2D eigenvalue weighted by molar-refractivity contribution is 5.48. The quantitative estimate of drug-likeness (QED) is 0.729. The summed E-state index contributed by atoms with van der Waals surface area (Å²) in [5.41, 5.74) is 2.26. The van der Waals surface area contributed by atoms with Crippen LogP contribution in [0.4, 0.5) is 19.0 Å². The van der Waals surface area contributed by atoms with Crippen LogP contribution < -0.4 is 4.90 Å². The maximum Gasteiger partial charge on any atom is 0.299 e. The first-order chi connectivity index (χ1) is 11.1. The first kappa shape index (κ1) is 14.0. The smallest absolute Gasteiger partial charge is 0.299 e. The predicted molar refractivity (Wildman–Crippen MR) is 76.9 cm³/mol. The van der Waals surface area contributed by atoms with Gasteiger partial charge in [0.25, 0.3) is 6.43 Å². The normalized spacial score (nSPS) is 14.5. The molecule has 0 saturated heterocycles. The van der Waals surface area contributed by atoms with Crippen molar-refractivity contribution in [2.45, 2.75) is 19.4 Å². The van der Waals surface area contributed by atoms with E-state index in [-0.39, 0.29) is 11.5 Å². The standard InChI is InChI=1S/C15H12F3N5/c16-11-2-1-10-8-22(6-5-9(10)7-11)13-4-3-12-19-20-15(14(17)18)23(12)21-13/h1-4,7,14H,5-6,8H2. The summed E-state index contributed by atoms with van der Waals surface area (Å²) in [5, 5.41) is 11.4. The predicted octanol–water partition coefficient (Wildman–Crippen LogP) is 2.76. The van der Waals surface area contributed by atoms with Crippen molar-refractivity contribution in [3.05, 3.63) is 53.1 Å². The van der Waals surface area contributed by atoms with E-state index < -0.39 is 12.2 Å². The van der Waals surface area contributed by atoms with Crippen molar-refractivity contribution in [1.29, 1.82) is 0 Å². The summed E-state index contributed by atoms with van der Waals surface area (Å²) in [6, 6.07) is 8.06. The molecule has 2 aromatic heterocycles. The molecular weight excluding hydrogens is 307 g/mol. The second-order valence-corrected chi connectivity index (χ2v) is 5.41. The van der Waals surface area contributed by atoms with Gasteiger partial charge in [0, 0.05) is 13.1 Å². The Labute approximate surface area is 129 Å². The third-order valence-corrected chi connectivity index (χ3v) is 3.97. The summed E-state index contributed by atoms with van der Waals surface area (Å²) < 4.78 is 40.2. The monoisotopic (exact) mass is 319 g/mol. The fourth-order valence-electron chi connectivity index (χ4n) is 2.82. The highest BCUT2D eigenvalue weighted by Gasteiger charge is 2.21. The molecule has 5 nitrogen and oxygen atoms in total. The van der Waals surface area contributed by atoms with E-state index in [2.05, 4.69) is 15.3 Å². The maximum absolute atomic E-state index is 13.3. The molecule has 1 aromatic carbocycles. The van der Waals surface area contributed by atoms with Gasteiger partial charge in [0.15, 0.2) is 5.65 Å². The van der Waals surface area contributed by atoms with Crippen molar-refractivity contribution in [3.63, 3.8) is 0 Å². The third kappa shape index (κ3) is 2.39. The van der Waals surface area contributed by atoms with Gasteiger partial charge in [-0.3, -0.25) is 0 Å². The highest BCUT2D eigenvalue weighted by atomic mass is 19.3. The average Bonchev–Trinajstić information content (AvgIpc) is 2.97. The van der Waals surface area contributed by atoms with Crippen LogP contribution in [0.1, 0.15) is 23.4 Å². The maximum atomic E-state index is 13.3. The van der Waals surface area contributed by atoms with Crippen molar-refractivity contribution in [2.75, 3.05) is 11.4 Å². The van der Waals surface area contributed by atoms with Crippen LogP contribution in [0, 0.1) is 5.82 Å². The summed E-state index contributed by atoms with van der Waals surface area (Å²) in [6.07, 6.45) is -2.06. The Morgan fingerprint density at radius 2 is 1.91 bits per heavy atom. The number of hydrogen-bond donors (Lipinski definition) is 0. The molecule has 1 aliphatic rings. The third-order valence-electron chi connectivity index (χ3n) is 3.97. The molecule has 3 heterocycles. The minimum atomic E-state index is -2.74. The van der Waals surface area contributed by atoms with Crippen molar-refractivity contribution in [2.24, 2.45) is 0 Å². The lowest BCUT2D eigenvalue weighted by molar-refractivity contribution is 0.137. The van der Waals surface area contributed by atoms with E-state index in [1.165, 1.54) is 12.1 Å². The van der Waals surface area contributed by atoms with Gasteiger partial charge in [-0.15, -0.1) is 15.3 Å². The number of benzene rings is 1. The van der Waals surface area contributed by atoms with Gasteiger partial charge in [-0.2, -0.15) is 4.52 Å². The Bertz CT molecular complexity index is 877. The molecule has 4 rings (SSSR count). The second-order valence-electron chi connectivity index (χ2n) is 5.41. The average molecular weight is 319 g/mol. The lowest BCUT2D eigenvalue weighted by Gasteiger charge is -2.29. The Kier molecular flexibility index (Phi) is 3.17. The van der Waals surface area contributed by atoms with E-state index in [1.807, 2.05) is 4.90 Å². The molecule has 1 aliphatic heterocycles.